The van der Waals surface area contributed by atoms with Crippen LogP contribution in [0.4, 0.5) is 0 Å². The molecule has 1 aliphatic carbocycles. The third kappa shape index (κ3) is 3.06. The Bertz CT molecular complexity index is 495. The van der Waals surface area contributed by atoms with E-state index >= 15 is 0 Å². The second-order valence-corrected chi connectivity index (χ2v) is 5.87. The monoisotopic (exact) mass is 291 g/mol. The lowest BCUT2D eigenvalue weighted by molar-refractivity contribution is -0.141. The summed E-state index contributed by atoms with van der Waals surface area (Å²) in [7, 11) is 0. The number of carbonyl (C=O) groups is 2. The zero-order valence-electron chi connectivity index (χ0n) is 12.1. The van der Waals surface area contributed by atoms with Crippen molar-refractivity contribution in [1.29, 1.82) is 0 Å². The van der Waals surface area contributed by atoms with Gasteiger partial charge < -0.3 is 4.90 Å². The minimum absolute atomic E-state index is 0.113. The minimum atomic E-state index is -0.359. The lowest BCUT2D eigenvalue weighted by Gasteiger charge is -2.29. The Morgan fingerprint density at radius 2 is 1.71 bits per heavy atom. The molecule has 1 N–H and O–H groups in total. The molecule has 0 aromatic carbocycles. The van der Waals surface area contributed by atoms with Gasteiger partial charge in [0.25, 0.3) is 5.91 Å². The molecule has 114 valence electrons. The smallest absolute Gasteiger partial charge is 0.261 e. The normalized spacial score (nSPS) is 23.2. The highest BCUT2D eigenvalue weighted by Crippen LogP contribution is 2.28. The Morgan fingerprint density at radius 3 is 2.43 bits per heavy atom. The molecule has 1 saturated carbocycles. The van der Waals surface area contributed by atoms with Crippen LogP contribution >= 0.6 is 0 Å². The summed E-state index contributed by atoms with van der Waals surface area (Å²) in [4.78, 5) is 26.7. The average Bonchev–Trinajstić information content (AvgIpc) is 3.18. The summed E-state index contributed by atoms with van der Waals surface area (Å²) in [5.41, 5.74) is 2.71. The van der Waals surface area contributed by atoms with Gasteiger partial charge in [-0.05, 0) is 25.7 Å². The van der Waals surface area contributed by atoms with Gasteiger partial charge in [0.15, 0.2) is 0 Å². The third-order valence-electron chi connectivity index (χ3n) is 4.45. The lowest BCUT2D eigenvalue weighted by Crippen LogP contribution is -2.47. The van der Waals surface area contributed by atoms with Gasteiger partial charge >= 0.3 is 0 Å². The third-order valence-corrected chi connectivity index (χ3v) is 4.45. The number of nitrogens with zero attached hydrogens (tertiary/aromatic N) is 4. The van der Waals surface area contributed by atoms with Crippen LogP contribution in [-0.2, 0) is 9.59 Å². The van der Waals surface area contributed by atoms with Gasteiger partial charge in [0.1, 0.15) is 18.7 Å². The molecule has 1 aliphatic heterocycles. The second-order valence-electron chi connectivity index (χ2n) is 5.87. The fourth-order valence-electron chi connectivity index (χ4n) is 3.35. The number of rotatable bonds is 3. The molecular weight excluding hydrogens is 270 g/mol. The first-order chi connectivity index (χ1) is 10.3. The van der Waals surface area contributed by atoms with E-state index in [-0.39, 0.29) is 23.8 Å². The van der Waals surface area contributed by atoms with Crippen molar-refractivity contribution >= 4 is 11.8 Å². The number of aromatic nitrogens is 3. The van der Waals surface area contributed by atoms with Crippen LogP contribution < -0.4 is 5.43 Å². The zero-order chi connectivity index (χ0) is 14.7. The fraction of sp³-hybridized carbons (Fsp3) is 0.714. The molecule has 1 atom stereocenters. The van der Waals surface area contributed by atoms with E-state index in [4.69, 9.17) is 0 Å². The van der Waals surface area contributed by atoms with Gasteiger partial charge in [-0.3, -0.25) is 15.0 Å². The zero-order valence-corrected chi connectivity index (χ0v) is 12.1. The van der Waals surface area contributed by atoms with Crippen molar-refractivity contribution in [2.75, 3.05) is 12.0 Å². The SMILES string of the molecule is O=C(Nn1cnnc1)C1CCCN1C(=O)C1CCCCC1. The van der Waals surface area contributed by atoms with Crippen LogP contribution in [0.2, 0.25) is 0 Å². The highest BCUT2D eigenvalue weighted by Gasteiger charge is 2.37. The fourth-order valence-corrected chi connectivity index (χ4v) is 3.35. The molecule has 0 bridgehead atoms. The van der Waals surface area contributed by atoms with E-state index in [0.29, 0.717) is 6.54 Å². The predicted molar refractivity (Wildman–Crippen MR) is 75.7 cm³/mol. The van der Waals surface area contributed by atoms with E-state index in [0.717, 1.165) is 38.5 Å². The number of hydrogen-bond acceptors (Lipinski definition) is 4. The number of likely N-dealkylation sites (tertiary alicyclic amines) is 1. The molecule has 2 fully saturated rings. The molecule has 1 aromatic rings. The van der Waals surface area contributed by atoms with E-state index in [1.54, 1.807) is 4.90 Å². The van der Waals surface area contributed by atoms with Gasteiger partial charge in [0.2, 0.25) is 5.91 Å². The van der Waals surface area contributed by atoms with Gasteiger partial charge in [0.05, 0.1) is 0 Å². The quantitative estimate of drug-likeness (QED) is 0.898. The minimum Gasteiger partial charge on any atom is -0.330 e. The maximum Gasteiger partial charge on any atom is 0.261 e. The Hall–Kier alpha value is -1.92. The van der Waals surface area contributed by atoms with Crippen molar-refractivity contribution in [2.45, 2.75) is 51.0 Å². The van der Waals surface area contributed by atoms with Gasteiger partial charge in [-0.15, -0.1) is 10.2 Å². The van der Waals surface area contributed by atoms with Crippen molar-refractivity contribution < 1.29 is 9.59 Å². The molecule has 7 nitrogen and oxygen atoms in total. The molecule has 3 rings (SSSR count). The van der Waals surface area contributed by atoms with E-state index < -0.39 is 0 Å². The van der Waals surface area contributed by atoms with E-state index in [2.05, 4.69) is 15.6 Å². The highest BCUT2D eigenvalue weighted by molar-refractivity contribution is 5.93. The van der Waals surface area contributed by atoms with Crippen LogP contribution in [0, 0.1) is 5.92 Å². The van der Waals surface area contributed by atoms with Crippen LogP contribution in [0.3, 0.4) is 0 Å². The summed E-state index contributed by atoms with van der Waals surface area (Å²) in [5, 5.41) is 7.29. The number of amides is 2. The Labute approximate surface area is 123 Å². The van der Waals surface area contributed by atoms with Crippen molar-refractivity contribution in [1.82, 2.24) is 19.8 Å². The molecule has 1 unspecified atom stereocenters. The second kappa shape index (κ2) is 6.24. The number of nitrogens with one attached hydrogen (secondary N) is 1. The summed E-state index contributed by atoms with van der Waals surface area (Å²) >= 11 is 0. The maximum atomic E-state index is 12.6. The summed E-state index contributed by atoms with van der Waals surface area (Å²) in [6.45, 7) is 0.690. The first-order valence-electron chi connectivity index (χ1n) is 7.71. The molecule has 2 amide bonds. The van der Waals surface area contributed by atoms with Crippen molar-refractivity contribution in [3.05, 3.63) is 12.7 Å². The van der Waals surface area contributed by atoms with E-state index in [1.807, 2.05) is 0 Å². The summed E-state index contributed by atoms with van der Waals surface area (Å²) < 4.78 is 1.42. The van der Waals surface area contributed by atoms with Gasteiger partial charge in [0, 0.05) is 12.5 Å². The van der Waals surface area contributed by atoms with Crippen molar-refractivity contribution in [3.63, 3.8) is 0 Å². The predicted octanol–water partition coefficient (Wildman–Crippen LogP) is 0.919. The number of hydrogen-bond donors (Lipinski definition) is 1. The van der Waals surface area contributed by atoms with Crippen LogP contribution in [0.25, 0.3) is 0 Å². The van der Waals surface area contributed by atoms with Crippen LogP contribution in [0.15, 0.2) is 12.7 Å². The Balaban J connectivity index is 1.64. The molecule has 21 heavy (non-hydrogen) atoms. The first-order valence-corrected chi connectivity index (χ1v) is 7.71. The van der Waals surface area contributed by atoms with Crippen molar-refractivity contribution in [3.8, 4) is 0 Å². The molecule has 1 saturated heterocycles. The van der Waals surface area contributed by atoms with Crippen LogP contribution in [0.1, 0.15) is 44.9 Å². The number of carbonyl (C=O) groups excluding carboxylic acids is 2. The first kappa shape index (κ1) is 14.0. The van der Waals surface area contributed by atoms with Crippen LogP contribution in [-0.4, -0.2) is 44.2 Å². The van der Waals surface area contributed by atoms with Gasteiger partial charge in [-0.2, -0.15) is 0 Å². The Kier molecular flexibility index (Phi) is 4.17. The Morgan fingerprint density at radius 1 is 1.00 bits per heavy atom. The maximum absolute atomic E-state index is 12.6. The van der Waals surface area contributed by atoms with Gasteiger partial charge in [-0.25, -0.2) is 4.68 Å². The van der Waals surface area contributed by atoms with E-state index in [1.165, 1.54) is 23.8 Å². The van der Waals surface area contributed by atoms with Crippen LogP contribution in [0.5, 0.6) is 0 Å². The van der Waals surface area contributed by atoms with E-state index in [9.17, 15) is 9.59 Å². The topological polar surface area (TPSA) is 80.1 Å². The van der Waals surface area contributed by atoms with Gasteiger partial charge in [-0.1, -0.05) is 19.3 Å². The lowest BCUT2D eigenvalue weighted by atomic mass is 9.88. The largest absolute Gasteiger partial charge is 0.330 e. The van der Waals surface area contributed by atoms with Crippen molar-refractivity contribution in [2.24, 2.45) is 5.92 Å². The molecular formula is C14H21N5O2. The molecule has 0 radical (unpaired) electrons. The summed E-state index contributed by atoms with van der Waals surface area (Å²) in [6.07, 6.45) is 9.89. The molecule has 2 heterocycles. The summed E-state index contributed by atoms with van der Waals surface area (Å²) in [6, 6.07) is -0.359. The highest BCUT2D eigenvalue weighted by atomic mass is 16.2. The molecule has 0 spiro atoms. The summed E-state index contributed by atoms with van der Waals surface area (Å²) in [5.74, 6) is 0.120. The average molecular weight is 291 g/mol. The molecule has 2 aliphatic rings. The molecule has 7 heteroatoms. The molecule has 1 aromatic heterocycles. The standard InChI is InChI=1S/C14H21N5O2/c20-13(17-18-9-15-16-10-18)12-7-4-8-19(12)14(21)11-5-2-1-3-6-11/h9-12H,1-8H2,(H,17,20).